The zero-order chi connectivity index (χ0) is 23.4. The van der Waals surface area contributed by atoms with Crippen molar-refractivity contribution in [3.05, 3.63) is 47.9 Å². The molecule has 0 spiro atoms. The minimum atomic E-state index is -3.69. The van der Waals surface area contributed by atoms with Gasteiger partial charge in [0.2, 0.25) is 10.0 Å². The van der Waals surface area contributed by atoms with E-state index in [4.69, 9.17) is 4.42 Å². The Morgan fingerprint density at radius 3 is 2.73 bits per heavy atom. The third kappa shape index (κ3) is 5.59. The average molecular weight is 475 g/mol. The third-order valence-electron chi connectivity index (χ3n) is 6.78. The van der Waals surface area contributed by atoms with Crippen LogP contribution in [0.1, 0.15) is 48.0 Å². The van der Waals surface area contributed by atoms with E-state index in [1.54, 1.807) is 24.7 Å². The normalized spacial score (nSPS) is 21.5. The number of piperidine rings is 2. The van der Waals surface area contributed by atoms with Crippen molar-refractivity contribution in [1.82, 2.24) is 14.5 Å². The van der Waals surface area contributed by atoms with Crippen molar-refractivity contribution >= 4 is 21.6 Å². The molecular weight excluding hydrogens is 440 g/mol. The number of furan rings is 1. The van der Waals surface area contributed by atoms with Gasteiger partial charge >= 0.3 is 0 Å². The minimum absolute atomic E-state index is 0.0889. The van der Waals surface area contributed by atoms with Gasteiger partial charge in [-0.05, 0) is 69.0 Å². The van der Waals surface area contributed by atoms with Crippen molar-refractivity contribution in [2.75, 3.05) is 39.0 Å². The van der Waals surface area contributed by atoms with E-state index in [2.05, 4.69) is 15.5 Å². The molecule has 3 heterocycles. The lowest BCUT2D eigenvalue weighted by atomic mass is 9.83. The molecule has 1 aromatic heterocycles. The summed E-state index contributed by atoms with van der Waals surface area (Å²) >= 11 is 0. The maximum absolute atomic E-state index is 13.1. The van der Waals surface area contributed by atoms with Gasteiger partial charge in [-0.15, -0.1) is 0 Å². The molecule has 2 fully saturated rings. The topological polar surface area (TPSA) is 94.9 Å². The molecule has 2 aliphatic heterocycles. The quantitative estimate of drug-likeness (QED) is 0.610. The molecule has 0 unspecified atom stereocenters. The van der Waals surface area contributed by atoms with Gasteiger partial charge in [-0.25, -0.2) is 12.7 Å². The highest BCUT2D eigenvalue weighted by atomic mass is 32.2. The second-order valence-electron chi connectivity index (χ2n) is 9.23. The number of anilines is 1. The van der Waals surface area contributed by atoms with Gasteiger partial charge in [0.1, 0.15) is 0 Å². The first kappa shape index (κ1) is 23.8. The highest BCUT2D eigenvalue weighted by molar-refractivity contribution is 7.89. The lowest BCUT2D eigenvalue weighted by Crippen LogP contribution is -2.51. The predicted octanol–water partition coefficient (Wildman–Crippen LogP) is 3.14. The molecule has 2 N–H and O–H groups in total. The van der Waals surface area contributed by atoms with Gasteiger partial charge in [0.05, 0.1) is 17.4 Å². The van der Waals surface area contributed by atoms with Gasteiger partial charge in [0.25, 0.3) is 5.91 Å². The summed E-state index contributed by atoms with van der Waals surface area (Å²) in [5.74, 6) is 0.195. The highest BCUT2D eigenvalue weighted by Gasteiger charge is 2.33. The van der Waals surface area contributed by atoms with Crippen molar-refractivity contribution in [2.24, 2.45) is 5.92 Å². The zero-order valence-corrected chi connectivity index (χ0v) is 20.2. The number of carbonyl (C=O) groups excluding carboxylic acids is 1. The van der Waals surface area contributed by atoms with E-state index in [0.29, 0.717) is 36.3 Å². The lowest BCUT2D eigenvalue weighted by Gasteiger charge is -2.44. The number of nitrogens with zero attached hydrogens (tertiary/aromatic N) is 2. The number of fused-ring (bicyclic) bond motifs is 1. The molecule has 2 aromatic rings. The van der Waals surface area contributed by atoms with E-state index in [-0.39, 0.29) is 10.8 Å². The zero-order valence-electron chi connectivity index (χ0n) is 19.4. The molecule has 2 saturated heterocycles. The van der Waals surface area contributed by atoms with Gasteiger partial charge in [-0.2, -0.15) is 0 Å². The van der Waals surface area contributed by atoms with Crippen LogP contribution in [0.15, 0.2) is 46.1 Å². The summed E-state index contributed by atoms with van der Waals surface area (Å²) in [5.41, 5.74) is 1.83. The van der Waals surface area contributed by atoms with Crippen LogP contribution in [0.2, 0.25) is 0 Å². The summed E-state index contributed by atoms with van der Waals surface area (Å²) in [6.07, 6.45) is 9.20. The van der Waals surface area contributed by atoms with Crippen molar-refractivity contribution < 1.29 is 17.6 Å². The molecular formula is C24H34N4O4S. The molecule has 0 bridgehead atoms. The smallest absolute Gasteiger partial charge is 0.251 e. The van der Waals surface area contributed by atoms with E-state index in [1.165, 1.54) is 39.4 Å². The number of nitrogens with one attached hydrogen (secondary N) is 2. The molecule has 2 atom stereocenters. The van der Waals surface area contributed by atoms with Crippen LogP contribution in [0.3, 0.4) is 0 Å². The first-order chi connectivity index (χ1) is 15.8. The van der Waals surface area contributed by atoms with Crippen molar-refractivity contribution in [2.45, 2.75) is 49.6 Å². The lowest BCUT2D eigenvalue weighted by molar-refractivity contribution is 0.0575. The predicted molar refractivity (Wildman–Crippen MR) is 128 cm³/mol. The second-order valence-corrected chi connectivity index (χ2v) is 11.4. The minimum Gasteiger partial charge on any atom is -0.472 e. The van der Waals surface area contributed by atoms with Crippen LogP contribution in [0, 0.1) is 5.92 Å². The molecule has 4 rings (SSSR count). The molecule has 0 radical (unpaired) electrons. The fourth-order valence-electron chi connectivity index (χ4n) is 4.93. The summed E-state index contributed by atoms with van der Waals surface area (Å²) in [6, 6.07) is 7.10. The number of carbonyl (C=O) groups is 1. The second kappa shape index (κ2) is 10.3. The van der Waals surface area contributed by atoms with E-state index in [9.17, 15) is 13.2 Å². The van der Waals surface area contributed by atoms with Gasteiger partial charge in [0, 0.05) is 50.0 Å². The fraction of sp³-hybridized carbons (Fsp3) is 0.542. The van der Waals surface area contributed by atoms with Crippen LogP contribution in [0.5, 0.6) is 0 Å². The molecule has 1 amide bonds. The number of sulfonamides is 1. The van der Waals surface area contributed by atoms with Crippen molar-refractivity contribution in [3.8, 4) is 0 Å². The first-order valence-electron chi connectivity index (χ1n) is 11.7. The fourth-order valence-corrected chi connectivity index (χ4v) is 5.90. The SMILES string of the molecule is CN(C)S(=O)(=O)c1cc(NCc2ccoc2)cc(C(=O)NC[C@@H]2CCCN3CCCC[C@H]23)c1. The van der Waals surface area contributed by atoms with E-state index >= 15 is 0 Å². The van der Waals surface area contributed by atoms with Crippen LogP contribution in [-0.2, 0) is 16.6 Å². The number of hydrogen-bond donors (Lipinski definition) is 2. The summed E-state index contributed by atoms with van der Waals surface area (Å²) in [7, 11) is -0.719. The van der Waals surface area contributed by atoms with E-state index in [0.717, 1.165) is 35.8 Å². The Balaban J connectivity index is 1.50. The number of benzene rings is 1. The van der Waals surface area contributed by atoms with Gasteiger partial charge in [0.15, 0.2) is 0 Å². The Kier molecular flexibility index (Phi) is 7.41. The largest absolute Gasteiger partial charge is 0.472 e. The average Bonchev–Trinajstić information content (AvgIpc) is 3.34. The molecule has 0 saturated carbocycles. The highest BCUT2D eigenvalue weighted by Crippen LogP contribution is 2.30. The number of amides is 1. The molecule has 1 aromatic carbocycles. The molecule has 9 heteroatoms. The molecule has 8 nitrogen and oxygen atoms in total. The molecule has 0 aliphatic carbocycles. The van der Waals surface area contributed by atoms with Crippen LogP contribution >= 0.6 is 0 Å². The number of hydrogen-bond acceptors (Lipinski definition) is 6. The Morgan fingerprint density at radius 1 is 1.15 bits per heavy atom. The van der Waals surface area contributed by atoms with E-state index < -0.39 is 10.0 Å². The van der Waals surface area contributed by atoms with Crippen molar-refractivity contribution in [1.29, 1.82) is 0 Å². The summed E-state index contributed by atoms with van der Waals surface area (Å²) < 4.78 is 31.8. The Bertz CT molecular complexity index is 1050. The van der Waals surface area contributed by atoms with Crippen LogP contribution in [-0.4, -0.2) is 63.3 Å². The van der Waals surface area contributed by atoms with Gasteiger partial charge < -0.3 is 20.0 Å². The van der Waals surface area contributed by atoms with Crippen LogP contribution in [0.4, 0.5) is 5.69 Å². The van der Waals surface area contributed by atoms with Crippen LogP contribution in [0.25, 0.3) is 0 Å². The maximum Gasteiger partial charge on any atom is 0.251 e. The number of rotatable bonds is 8. The Morgan fingerprint density at radius 2 is 1.97 bits per heavy atom. The summed E-state index contributed by atoms with van der Waals surface area (Å²) in [5, 5.41) is 6.30. The molecule has 2 aliphatic rings. The maximum atomic E-state index is 13.1. The third-order valence-corrected chi connectivity index (χ3v) is 8.57. The van der Waals surface area contributed by atoms with E-state index in [1.807, 2.05) is 6.07 Å². The summed E-state index contributed by atoms with van der Waals surface area (Å²) in [6.45, 7) is 3.39. The van der Waals surface area contributed by atoms with Gasteiger partial charge in [-0.3, -0.25) is 4.79 Å². The molecule has 33 heavy (non-hydrogen) atoms. The molecule has 180 valence electrons. The Hall–Kier alpha value is -2.36. The summed E-state index contributed by atoms with van der Waals surface area (Å²) in [4.78, 5) is 15.8. The van der Waals surface area contributed by atoms with Crippen molar-refractivity contribution in [3.63, 3.8) is 0 Å². The monoisotopic (exact) mass is 474 g/mol. The van der Waals surface area contributed by atoms with Gasteiger partial charge in [-0.1, -0.05) is 6.42 Å². The Labute approximate surface area is 196 Å². The standard InChI is InChI=1S/C24H34N4O4S/c1-27(2)33(30,31)22-13-20(12-21(14-22)25-15-18-8-11-32-17-18)24(29)26-16-19-6-5-10-28-9-4-3-7-23(19)28/h8,11-14,17,19,23,25H,3-7,9-10,15-16H2,1-2H3,(H,26,29)/t19-,23+/m0/s1. The first-order valence-corrected chi connectivity index (χ1v) is 13.1. The van der Waals surface area contributed by atoms with Crippen LogP contribution < -0.4 is 10.6 Å².